The van der Waals surface area contributed by atoms with Crippen LogP contribution in [0.5, 0.6) is 5.75 Å². The normalized spacial score (nSPS) is 15.0. The van der Waals surface area contributed by atoms with Crippen molar-refractivity contribution in [3.05, 3.63) is 17.7 Å². The largest absolute Gasteiger partial charge is 0.491 e. The quantitative estimate of drug-likeness (QED) is 0.708. The van der Waals surface area contributed by atoms with Crippen LogP contribution in [0.25, 0.3) is 0 Å². The molecule has 7 heteroatoms. The molecule has 1 aliphatic rings. The van der Waals surface area contributed by atoms with Crippen LogP contribution in [0.2, 0.25) is 0 Å². The van der Waals surface area contributed by atoms with E-state index < -0.39 is 18.3 Å². The van der Waals surface area contributed by atoms with E-state index in [0.717, 1.165) is 0 Å². The standard InChI is InChI=1S/C15H22BNO5/c1-9-10(16(20)22-15(4,5)14(2,3)19)6-7-11-13(9)17-12(18)8-21-11/h6-7,19-20H,8H2,1-5H3,(H,17,18). The summed E-state index contributed by atoms with van der Waals surface area (Å²) >= 11 is 0. The molecule has 1 amide bonds. The maximum Gasteiger partial charge on any atom is 0.491 e. The van der Waals surface area contributed by atoms with Gasteiger partial charge in [-0.2, -0.15) is 0 Å². The van der Waals surface area contributed by atoms with Crippen molar-refractivity contribution in [1.29, 1.82) is 0 Å². The van der Waals surface area contributed by atoms with E-state index in [2.05, 4.69) is 5.32 Å². The maximum absolute atomic E-state index is 11.5. The van der Waals surface area contributed by atoms with E-state index in [-0.39, 0.29) is 12.5 Å². The Bertz CT molecular complexity index is 594. The van der Waals surface area contributed by atoms with Crippen LogP contribution < -0.4 is 15.5 Å². The highest BCUT2D eigenvalue weighted by Gasteiger charge is 2.40. The van der Waals surface area contributed by atoms with Gasteiger partial charge in [0.1, 0.15) is 5.75 Å². The lowest BCUT2D eigenvalue weighted by atomic mass is 9.74. The fourth-order valence-electron chi connectivity index (χ4n) is 2.05. The lowest BCUT2D eigenvalue weighted by Crippen LogP contribution is -2.53. The van der Waals surface area contributed by atoms with Gasteiger partial charge in [0.25, 0.3) is 5.91 Å². The molecule has 0 bridgehead atoms. The Kier molecular flexibility index (Phi) is 4.25. The first kappa shape index (κ1) is 16.8. The molecule has 6 nitrogen and oxygen atoms in total. The summed E-state index contributed by atoms with van der Waals surface area (Å²) in [5.74, 6) is 0.328. The zero-order chi connectivity index (χ0) is 16.7. The summed E-state index contributed by atoms with van der Waals surface area (Å²) in [4.78, 5) is 11.5. The zero-order valence-corrected chi connectivity index (χ0v) is 13.6. The van der Waals surface area contributed by atoms with Crippen molar-refractivity contribution in [1.82, 2.24) is 0 Å². The number of hydrogen-bond acceptors (Lipinski definition) is 5. The number of fused-ring (bicyclic) bond motifs is 1. The van der Waals surface area contributed by atoms with Crippen molar-refractivity contribution in [2.75, 3.05) is 11.9 Å². The number of aliphatic hydroxyl groups is 1. The number of rotatable bonds is 4. The van der Waals surface area contributed by atoms with Crippen LogP contribution in [0, 0.1) is 6.92 Å². The number of hydrogen-bond donors (Lipinski definition) is 3. The van der Waals surface area contributed by atoms with Gasteiger partial charge in [0.05, 0.1) is 16.9 Å². The molecule has 1 aromatic rings. The minimum Gasteiger partial charge on any atom is -0.482 e. The SMILES string of the molecule is Cc1c(B(O)OC(C)(C)C(C)(C)O)ccc2c1NC(=O)CO2. The highest BCUT2D eigenvalue weighted by molar-refractivity contribution is 6.61. The summed E-state index contributed by atoms with van der Waals surface area (Å²) in [6, 6.07) is 3.37. The molecule has 22 heavy (non-hydrogen) atoms. The third-order valence-corrected chi connectivity index (χ3v) is 4.24. The molecule has 1 heterocycles. The summed E-state index contributed by atoms with van der Waals surface area (Å²) in [5, 5.41) is 23.2. The Labute approximate surface area is 130 Å². The molecular formula is C15H22BNO5. The van der Waals surface area contributed by atoms with E-state index in [1.54, 1.807) is 46.8 Å². The lowest BCUT2D eigenvalue weighted by Gasteiger charge is -2.38. The first-order valence-corrected chi connectivity index (χ1v) is 7.17. The second kappa shape index (κ2) is 5.57. The molecule has 2 rings (SSSR count). The summed E-state index contributed by atoms with van der Waals surface area (Å²) in [6.07, 6.45) is 0. The molecular weight excluding hydrogens is 285 g/mol. The minimum absolute atomic E-state index is 0.0173. The summed E-state index contributed by atoms with van der Waals surface area (Å²) in [5.41, 5.74) is -0.369. The van der Waals surface area contributed by atoms with Crippen LogP contribution >= 0.6 is 0 Å². The Morgan fingerprint density at radius 2 is 1.95 bits per heavy atom. The Hall–Kier alpha value is -1.57. The number of ether oxygens (including phenoxy) is 1. The van der Waals surface area contributed by atoms with Gasteiger partial charge in [-0.15, -0.1) is 0 Å². The molecule has 1 aliphatic heterocycles. The molecule has 0 saturated heterocycles. The van der Waals surface area contributed by atoms with Gasteiger partial charge in [-0.05, 0) is 51.7 Å². The molecule has 0 spiro atoms. The van der Waals surface area contributed by atoms with Crippen molar-refractivity contribution in [2.24, 2.45) is 0 Å². The molecule has 0 saturated carbocycles. The molecule has 0 aliphatic carbocycles. The van der Waals surface area contributed by atoms with E-state index in [1.165, 1.54) is 0 Å². The fourth-order valence-corrected chi connectivity index (χ4v) is 2.05. The third kappa shape index (κ3) is 3.11. The van der Waals surface area contributed by atoms with Crippen molar-refractivity contribution in [2.45, 2.75) is 45.8 Å². The van der Waals surface area contributed by atoms with Gasteiger partial charge in [-0.3, -0.25) is 4.79 Å². The Morgan fingerprint density at radius 1 is 1.32 bits per heavy atom. The van der Waals surface area contributed by atoms with E-state index in [9.17, 15) is 14.9 Å². The van der Waals surface area contributed by atoms with Crippen LogP contribution in [0.4, 0.5) is 5.69 Å². The topological polar surface area (TPSA) is 88.0 Å². The second-order valence-corrected chi connectivity index (χ2v) is 6.53. The van der Waals surface area contributed by atoms with Gasteiger partial charge in [0, 0.05) is 0 Å². The third-order valence-electron chi connectivity index (χ3n) is 4.24. The number of anilines is 1. The number of carbonyl (C=O) groups is 1. The van der Waals surface area contributed by atoms with Crippen molar-refractivity contribution in [3.8, 4) is 5.75 Å². The lowest BCUT2D eigenvalue weighted by molar-refractivity contribution is -0.118. The Morgan fingerprint density at radius 3 is 2.55 bits per heavy atom. The fraction of sp³-hybridized carbons (Fsp3) is 0.533. The van der Waals surface area contributed by atoms with Crippen LogP contribution in [0.15, 0.2) is 12.1 Å². The predicted molar refractivity (Wildman–Crippen MR) is 84.4 cm³/mol. The molecule has 0 aromatic heterocycles. The van der Waals surface area contributed by atoms with E-state index in [1.807, 2.05) is 0 Å². The number of amides is 1. The van der Waals surface area contributed by atoms with Crippen LogP contribution in [-0.2, 0) is 9.45 Å². The average Bonchev–Trinajstić information content (AvgIpc) is 2.37. The molecule has 0 radical (unpaired) electrons. The summed E-state index contributed by atoms with van der Waals surface area (Å²) in [6.45, 7) is 8.40. The van der Waals surface area contributed by atoms with E-state index >= 15 is 0 Å². The van der Waals surface area contributed by atoms with Crippen molar-refractivity contribution >= 4 is 24.2 Å². The Balaban J connectivity index is 2.30. The van der Waals surface area contributed by atoms with Crippen LogP contribution in [0.1, 0.15) is 33.3 Å². The summed E-state index contributed by atoms with van der Waals surface area (Å²) < 4.78 is 11.0. The first-order valence-electron chi connectivity index (χ1n) is 7.17. The monoisotopic (exact) mass is 307 g/mol. The first-order chi connectivity index (χ1) is 10.0. The number of carbonyl (C=O) groups excluding carboxylic acids is 1. The molecule has 0 atom stereocenters. The van der Waals surface area contributed by atoms with Crippen molar-refractivity contribution < 1.29 is 24.3 Å². The van der Waals surface area contributed by atoms with E-state index in [0.29, 0.717) is 22.5 Å². The molecule has 120 valence electrons. The van der Waals surface area contributed by atoms with Gasteiger partial charge >= 0.3 is 7.12 Å². The molecule has 3 N–H and O–H groups in total. The highest BCUT2D eigenvalue weighted by atomic mass is 16.5. The van der Waals surface area contributed by atoms with Crippen LogP contribution in [-0.4, -0.2) is 41.0 Å². The number of benzene rings is 1. The van der Waals surface area contributed by atoms with Gasteiger partial charge in [-0.25, -0.2) is 0 Å². The predicted octanol–water partition coefficient (Wildman–Crippen LogP) is 0.580. The molecule has 0 fully saturated rings. The average molecular weight is 307 g/mol. The molecule has 0 unspecified atom stereocenters. The highest BCUT2D eigenvalue weighted by Crippen LogP contribution is 2.31. The maximum atomic E-state index is 11.5. The van der Waals surface area contributed by atoms with Gasteiger partial charge in [0.15, 0.2) is 6.61 Å². The van der Waals surface area contributed by atoms with Crippen molar-refractivity contribution in [3.63, 3.8) is 0 Å². The van der Waals surface area contributed by atoms with Gasteiger partial charge in [0.2, 0.25) is 0 Å². The van der Waals surface area contributed by atoms with Gasteiger partial charge in [-0.1, -0.05) is 6.07 Å². The number of nitrogens with one attached hydrogen (secondary N) is 1. The zero-order valence-electron chi connectivity index (χ0n) is 13.6. The molecule has 1 aromatic carbocycles. The smallest absolute Gasteiger partial charge is 0.482 e. The minimum atomic E-state index is -1.23. The van der Waals surface area contributed by atoms with E-state index in [4.69, 9.17) is 9.39 Å². The summed E-state index contributed by atoms with van der Waals surface area (Å²) in [7, 11) is -1.23. The van der Waals surface area contributed by atoms with Crippen LogP contribution in [0.3, 0.4) is 0 Å². The van der Waals surface area contributed by atoms with Gasteiger partial charge < -0.3 is 24.8 Å². The second-order valence-electron chi connectivity index (χ2n) is 6.53.